The zero-order chi connectivity index (χ0) is 16.9. The third-order valence-corrected chi connectivity index (χ3v) is 4.07. The van der Waals surface area contributed by atoms with Crippen molar-refractivity contribution >= 4 is 11.7 Å². The maximum absolute atomic E-state index is 12.5. The zero-order valence-corrected chi connectivity index (χ0v) is 13.1. The van der Waals surface area contributed by atoms with Gasteiger partial charge < -0.3 is 15.5 Å². The summed E-state index contributed by atoms with van der Waals surface area (Å²) in [4.78, 5) is 14.2. The second kappa shape index (κ2) is 7.68. The summed E-state index contributed by atoms with van der Waals surface area (Å²) < 4.78 is 37.4. The molecule has 7 heteroatoms. The second-order valence-electron chi connectivity index (χ2n) is 5.81. The summed E-state index contributed by atoms with van der Waals surface area (Å²) in [7, 11) is 0. The highest BCUT2D eigenvalue weighted by Crippen LogP contribution is 2.29. The van der Waals surface area contributed by atoms with Crippen LogP contribution in [0.2, 0.25) is 0 Å². The molecule has 2 amide bonds. The summed E-state index contributed by atoms with van der Waals surface area (Å²) >= 11 is 0. The smallest absolute Gasteiger partial charge is 0.338 e. The minimum Gasteiger partial charge on any atom is -0.338 e. The van der Waals surface area contributed by atoms with Crippen LogP contribution in [0.15, 0.2) is 24.3 Å². The number of piperidine rings is 1. The molecule has 2 rings (SSSR count). The van der Waals surface area contributed by atoms with Crippen LogP contribution in [0, 0.1) is 5.92 Å². The molecule has 1 saturated heterocycles. The fourth-order valence-electron chi connectivity index (χ4n) is 2.76. The first kappa shape index (κ1) is 17.6. The number of halogens is 3. The molecule has 0 bridgehead atoms. The van der Waals surface area contributed by atoms with E-state index in [1.807, 2.05) is 0 Å². The van der Waals surface area contributed by atoms with E-state index in [1.54, 1.807) is 0 Å². The SMILES string of the molecule is CCN1CCC[C@H](CNC(=O)Nc2ccc(C(F)(F)F)cc2)C1. The van der Waals surface area contributed by atoms with Crippen molar-refractivity contribution in [2.24, 2.45) is 5.92 Å². The monoisotopic (exact) mass is 329 g/mol. The molecule has 2 N–H and O–H groups in total. The van der Waals surface area contributed by atoms with E-state index in [1.165, 1.54) is 12.1 Å². The topological polar surface area (TPSA) is 44.4 Å². The molecule has 0 aliphatic carbocycles. The minimum absolute atomic E-state index is 0.342. The zero-order valence-electron chi connectivity index (χ0n) is 13.1. The fraction of sp³-hybridized carbons (Fsp3) is 0.562. The van der Waals surface area contributed by atoms with Crippen LogP contribution < -0.4 is 10.6 Å². The van der Waals surface area contributed by atoms with E-state index >= 15 is 0 Å². The Morgan fingerprint density at radius 2 is 2.00 bits per heavy atom. The molecule has 0 aromatic heterocycles. The van der Waals surface area contributed by atoms with Crippen LogP contribution in [0.4, 0.5) is 23.7 Å². The Kier molecular flexibility index (Phi) is 5.87. The van der Waals surface area contributed by atoms with Crippen molar-refractivity contribution in [2.75, 3.05) is 31.5 Å². The van der Waals surface area contributed by atoms with Crippen molar-refractivity contribution in [1.82, 2.24) is 10.2 Å². The summed E-state index contributed by atoms with van der Waals surface area (Å²) in [5.74, 6) is 0.419. The van der Waals surface area contributed by atoms with E-state index in [2.05, 4.69) is 22.5 Å². The van der Waals surface area contributed by atoms with Gasteiger partial charge in [-0.3, -0.25) is 0 Å². The van der Waals surface area contributed by atoms with Crippen LogP contribution in [0.3, 0.4) is 0 Å². The van der Waals surface area contributed by atoms with Crippen molar-refractivity contribution in [2.45, 2.75) is 25.9 Å². The lowest BCUT2D eigenvalue weighted by atomic mass is 9.98. The van der Waals surface area contributed by atoms with Gasteiger partial charge in [0.15, 0.2) is 0 Å². The Morgan fingerprint density at radius 1 is 1.30 bits per heavy atom. The molecule has 1 fully saturated rings. The third kappa shape index (κ3) is 5.42. The van der Waals surface area contributed by atoms with Crippen LogP contribution >= 0.6 is 0 Å². The molecule has 0 spiro atoms. The Morgan fingerprint density at radius 3 is 2.61 bits per heavy atom. The number of nitrogens with zero attached hydrogens (tertiary/aromatic N) is 1. The van der Waals surface area contributed by atoms with Gasteiger partial charge in [0.25, 0.3) is 0 Å². The predicted octanol–water partition coefficient (Wildman–Crippen LogP) is 3.56. The molecule has 1 aliphatic heterocycles. The number of hydrogen-bond donors (Lipinski definition) is 2. The van der Waals surface area contributed by atoms with Crippen molar-refractivity contribution in [3.63, 3.8) is 0 Å². The highest BCUT2D eigenvalue weighted by molar-refractivity contribution is 5.89. The molecule has 128 valence electrons. The number of hydrogen-bond acceptors (Lipinski definition) is 2. The van der Waals surface area contributed by atoms with Gasteiger partial charge in [-0.15, -0.1) is 0 Å². The Hall–Kier alpha value is -1.76. The van der Waals surface area contributed by atoms with Gasteiger partial charge in [-0.2, -0.15) is 13.2 Å². The number of urea groups is 1. The molecular formula is C16H22F3N3O. The Bertz CT molecular complexity index is 516. The Labute approximate surface area is 134 Å². The number of nitrogens with one attached hydrogen (secondary N) is 2. The van der Waals surface area contributed by atoms with Gasteiger partial charge in [-0.1, -0.05) is 6.92 Å². The molecule has 0 saturated carbocycles. The highest BCUT2D eigenvalue weighted by atomic mass is 19.4. The van der Waals surface area contributed by atoms with Gasteiger partial charge >= 0.3 is 12.2 Å². The standard InChI is InChI=1S/C16H22F3N3O/c1-2-22-9-3-4-12(11-22)10-20-15(23)21-14-7-5-13(6-8-14)16(17,18)19/h5-8,12H,2-4,9-11H2,1H3,(H2,20,21,23)/t12-/m1/s1. The summed E-state index contributed by atoms with van der Waals surface area (Å²) in [5.41, 5.74) is -0.389. The molecule has 4 nitrogen and oxygen atoms in total. The lowest BCUT2D eigenvalue weighted by Crippen LogP contribution is -2.41. The fourth-order valence-corrected chi connectivity index (χ4v) is 2.76. The minimum atomic E-state index is -4.37. The molecule has 1 heterocycles. The molecular weight excluding hydrogens is 307 g/mol. The van der Waals surface area contributed by atoms with Crippen LogP contribution in [-0.4, -0.2) is 37.1 Å². The van der Waals surface area contributed by atoms with E-state index in [0.717, 1.165) is 44.6 Å². The third-order valence-electron chi connectivity index (χ3n) is 4.07. The average molecular weight is 329 g/mol. The van der Waals surface area contributed by atoms with E-state index in [0.29, 0.717) is 18.2 Å². The Balaban J connectivity index is 1.78. The normalized spacial score (nSPS) is 19.4. The highest BCUT2D eigenvalue weighted by Gasteiger charge is 2.30. The molecule has 1 aromatic rings. The summed E-state index contributed by atoms with van der Waals surface area (Å²) in [5, 5.41) is 5.35. The molecule has 23 heavy (non-hydrogen) atoms. The van der Waals surface area contributed by atoms with Gasteiger partial charge in [-0.05, 0) is 56.1 Å². The van der Waals surface area contributed by atoms with Crippen molar-refractivity contribution < 1.29 is 18.0 Å². The summed E-state index contributed by atoms with van der Waals surface area (Å²) in [6, 6.07) is 4.02. The number of amides is 2. The molecule has 1 aliphatic rings. The first-order chi connectivity index (χ1) is 10.9. The average Bonchev–Trinajstić information content (AvgIpc) is 2.53. The van der Waals surface area contributed by atoms with Gasteiger partial charge in [0.2, 0.25) is 0 Å². The number of carbonyl (C=O) groups is 1. The molecule has 1 atom stereocenters. The van der Waals surface area contributed by atoms with Crippen LogP contribution in [0.25, 0.3) is 0 Å². The van der Waals surface area contributed by atoms with Crippen molar-refractivity contribution in [3.05, 3.63) is 29.8 Å². The first-order valence-electron chi connectivity index (χ1n) is 7.83. The van der Waals surface area contributed by atoms with E-state index in [-0.39, 0.29) is 0 Å². The molecule has 0 radical (unpaired) electrons. The molecule has 0 unspecified atom stereocenters. The number of alkyl halides is 3. The number of benzene rings is 1. The van der Waals surface area contributed by atoms with Crippen molar-refractivity contribution in [1.29, 1.82) is 0 Å². The maximum atomic E-state index is 12.5. The van der Waals surface area contributed by atoms with Gasteiger partial charge in [0.05, 0.1) is 5.56 Å². The van der Waals surface area contributed by atoms with E-state index in [9.17, 15) is 18.0 Å². The van der Waals surface area contributed by atoms with Crippen LogP contribution in [0.5, 0.6) is 0 Å². The number of anilines is 1. The van der Waals surface area contributed by atoms with E-state index in [4.69, 9.17) is 0 Å². The predicted molar refractivity (Wildman–Crippen MR) is 83.3 cm³/mol. The summed E-state index contributed by atoms with van der Waals surface area (Å²) in [6.45, 7) is 5.77. The summed E-state index contributed by atoms with van der Waals surface area (Å²) in [6.07, 6.45) is -2.16. The van der Waals surface area contributed by atoms with Gasteiger partial charge in [0, 0.05) is 18.8 Å². The largest absolute Gasteiger partial charge is 0.416 e. The van der Waals surface area contributed by atoms with Gasteiger partial charge in [-0.25, -0.2) is 4.79 Å². The van der Waals surface area contributed by atoms with Crippen LogP contribution in [0.1, 0.15) is 25.3 Å². The maximum Gasteiger partial charge on any atom is 0.416 e. The second-order valence-corrected chi connectivity index (χ2v) is 5.81. The lowest BCUT2D eigenvalue weighted by molar-refractivity contribution is -0.137. The van der Waals surface area contributed by atoms with Crippen molar-refractivity contribution in [3.8, 4) is 0 Å². The molecule has 1 aromatic carbocycles. The van der Waals surface area contributed by atoms with Crippen LogP contribution in [-0.2, 0) is 6.18 Å². The number of likely N-dealkylation sites (tertiary alicyclic amines) is 1. The first-order valence-corrected chi connectivity index (χ1v) is 7.83. The lowest BCUT2D eigenvalue weighted by Gasteiger charge is -2.31. The number of carbonyl (C=O) groups excluding carboxylic acids is 1. The van der Waals surface area contributed by atoms with E-state index < -0.39 is 17.8 Å². The van der Waals surface area contributed by atoms with Gasteiger partial charge in [0.1, 0.15) is 0 Å². The number of rotatable bonds is 4. The quantitative estimate of drug-likeness (QED) is 0.887.